The van der Waals surface area contributed by atoms with E-state index in [0.717, 1.165) is 19.0 Å². The number of amides is 2. The Morgan fingerprint density at radius 2 is 1.70 bits per heavy atom. The van der Waals surface area contributed by atoms with Gasteiger partial charge in [-0.1, -0.05) is 0 Å². The van der Waals surface area contributed by atoms with Crippen LogP contribution in [0, 0.1) is 17.5 Å². The van der Waals surface area contributed by atoms with Crippen LogP contribution in [0.4, 0.5) is 18.9 Å². The van der Waals surface area contributed by atoms with Crippen molar-refractivity contribution in [3.8, 4) is 0 Å². The maximum atomic E-state index is 13.7. The summed E-state index contributed by atoms with van der Waals surface area (Å²) in [4.78, 5) is 30.1. The number of aromatic nitrogens is 1. The monoisotopic (exact) mass is 380 g/mol. The molecule has 0 unspecified atom stereocenters. The molecule has 0 saturated heterocycles. The van der Waals surface area contributed by atoms with Crippen LogP contribution in [0.25, 0.3) is 0 Å². The average Bonchev–Trinajstić information content (AvgIpc) is 2.65. The Balaban J connectivity index is 2.05. The molecule has 0 aliphatic rings. The van der Waals surface area contributed by atoms with E-state index in [1.807, 2.05) is 19.0 Å². The number of rotatable bonds is 7. The number of nitrogens with zero attached hydrogens (tertiary/aromatic N) is 2. The van der Waals surface area contributed by atoms with Crippen molar-refractivity contribution in [3.63, 3.8) is 0 Å². The Morgan fingerprint density at radius 3 is 2.37 bits per heavy atom. The molecular formula is C18H19F3N4O2. The number of carbonyl (C=O) groups is 2. The van der Waals surface area contributed by atoms with Gasteiger partial charge in [0.15, 0.2) is 17.5 Å². The van der Waals surface area contributed by atoms with Gasteiger partial charge in [-0.05, 0) is 45.3 Å². The van der Waals surface area contributed by atoms with Crippen LogP contribution in [0.2, 0.25) is 0 Å². The van der Waals surface area contributed by atoms with E-state index in [1.165, 1.54) is 18.5 Å². The molecule has 0 saturated carbocycles. The highest BCUT2D eigenvalue weighted by Gasteiger charge is 2.17. The van der Waals surface area contributed by atoms with E-state index in [1.54, 1.807) is 0 Å². The Bertz CT molecular complexity index is 843. The van der Waals surface area contributed by atoms with Gasteiger partial charge in [0, 0.05) is 18.9 Å². The van der Waals surface area contributed by atoms with E-state index in [-0.39, 0.29) is 11.1 Å². The van der Waals surface area contributed by atoms with Crippen LogP contribution in [0.3, 0.4) is 0 Å². The van der Waals surface area contributed by atoms with Gasteiger partial charge >= 0.3 is 0 Å². The van der Waals surface area contributed by atoms with Crippen molar-refractivity contribution in [2.75, 3.05) is 32.5 Å². The smallest absolute Gasteiger partial charge is 0.257 e. The second-order valence-electron chi connectivity index (χ2n) is 6.05. The second kappa shape index (κ2) is 9.13. The number of benzene rings is 1. The van der Waals surface area contributed by atoms with Crippen LogP contribution in [-0.4, -0.2) is 48.9 Å². The number of pyridine rings is 1. The first-order valence-electron chi connectivity index (χ1n) is 8.12. The first kappa shape index (κ1) is 20.4. The van der Waals surface area contributed by atoms with Crippen LogP contribution in [0.5, 0.6) is 0 Å². The molecule has 0 atom stereocenters. The molecule has 6 nitrogen and oxygen atoms in total. The van der Waals surface area contributed by atoms with Gasteiger partial charge in [-0.25, -0.2) is 13.2 Å². The third-order valence-electron chi connectivity index (χ3n) is 3.61. The molecule has 0 aliphatic heterocycles. The molecule has 0 aliphatic carbocycles. The maximum Gasteiger partial charge on any atom is 0.257 e. The molecule has 2 aromatic rings. The lowest BCUT2D eigenvalue weighted by molar-refractivity contribution is 0.0952. The molecule has 9 heteroatoms. The van der Waals surface area contributed by atoms with E-state index < -0.39 is 35.0 Å². The summed E-state index contributed by atoms with van der Waals surface area (Å²) < 4.78 is 39.9. The van der Waals surface area contributed by atoms with Gasteiger partial charge in [0.05, 0.1) is 16.8 Å². The van der Waals surface area contributed by atoms with Crippen molar-refractivity contribution in [1.82, 2.24) is 15.2 Å². The molecule has 0 radical (unpaired) electrons. The van der Waals surface area contributed by atoms with Gasteiger partial charge in [-0.2, -0.15) is 0 Å². The van der Waals surface area contributed by atoms with Crippen LogP contribution in [-0.2, 0) is 0 Å². The number of hydrogen-bond acceptors (Lipinski definition) is 4. The highest BCUT2D eigenvalue weighted by molar-refractivity contribution is 6.05. The zero-order valence-electron chi connectivity index (χ0n) is 14.9. The number of carbonyl (C=O) groups excluding carboxylic acids is 2. The fourth-order valence-electron chi connectivity index (χ4n) is 2.20. The standard InChI is InChI=1S/C18H19F3N4O2/c1-25(2)7-3-6-23-17(26)11-8-12(10-22-9-11)18(27)24-14-5-4-13(19)15(20)16(14)21/h4-5,8-10H,3,6-7H2,1-2H3,(H,23,26)(H,24,27). The molecule has 0 fully saturated rings. The van der Waals surface area contributed by atoms with Crippen molar-refractivity contribution < 1.29 is 22.8 Å². The summed E-state index contributed by atoms with van der Waals surface area (Å²) in [5, 5.41) is 4.83. The fraction of sp³-hybridized carbons (Fsp3) is 0.278. The highest BCUT2D eigenvalue weighted by Crippen LogP contribution is 2.20. The van der Waals surface area contributed by atoms with Crippen molar-refractivity contribution in [1.29, 1.82) is 0 Å². The highest BCUT2D eigenvalue weighted by atomic mass is 19.2. The van der Waals surface area contributed by atoms with Gasteiger partial charge < -0.3 is 15.5 Å². The molecule has 144 valence electrons. The lowest BCUT2D eigenvalue weighted by atomic mass is 10.1. The van der Waals surface area contributed by atoms with E-state index in [2.05, 4.69) is 15.6 Å². The van der Waals surface area contributed by atoms with Crippen molar-refractivity contribution in [3.05, 3.63) is 59.2 Å². The first-order chi connectivity index (χ1) is 12.8. The summed E-state index contributed by atoms with van der Waals surface area (Å²) in [6, 6.07) is 2.88. The SMILES string of the molecule is CN(C)CCCNC(=O)c1cncc(C(=O)Nc2ccc(F)c(F)c2F)c1. The lowest BCUT2D eigenvalue weighted by Gasteiger charge is -2.10. The second-order valence-corrected chi connectivity index (χ2v) is 6.05. The van der Waals surface area contributed by atoms with Gasteiger partial charge in [0.25, 0.3) is 11.8 Å². The van der Waals surface area contributed by atoms with Crippen LogP contribution in [0.15, 0.2) is 30.6 Å². The topological polar surface area (TPSA) is 74.3 Å². The molecule has 1 heterocycles. The Labute approximate surface area is 154 Å². The van der Waals surface area contributed by atoms with Gasteiger partial charge in [0.1, 0.15) is 0 Å². The van der Waals surface area contributed by atoms with E-state index >= 15 is 0 Å². The fourth-order valence-corrected chi connectivity index (χ4v) is 2.20. The average molecular weight is 380 g/mol. The summed E-state index contributed by atoms with van der Waals surface area (Å²) in [5.41, 5.74) is -0.393. The number of hydrogen-bond donors (Lipinski definition) is 2. The summed E-state index contributed by atoms with van der Waals surface area (Å²) in [6.45, 7) is 1.26. The van der Waals surface area contributed by atoms with Crippen molar-refractivity contribution in [2.24, 2.45) is 0 Å². The number of anilines is 1. The minimum Gasteiger partial charge on any atom is -0.352 e. The zero-order chi connectivity index (χ0) is 20.0. The quantitative estimate of drug-likeness (QED) is 0.572. The Hall–Kier alpha value is -2.94. The molecule has 0 bridgehead atoms. The van der Waals surface area contributed by atoms with Crippen molar-refractivity contribution >= 4 is 17.5 Å². The largest absolute Gasteiger partial charge is 0.352 e. The van der Waals surface area contributed by atoms with Crippen LogP contribution in [0.1, 0.15) is 27.1 Å². The van der Waals surface area contributed by atoms with Gasteiger partial charge in [-0.15, -0.1) is 0 Å². The minimum absolute atomic E-state index is 0.0277. The van der Waals surface area contributed by atoms with Gasteiger partial charge in [-0.3, -0.25) is 14.6 Å². The Kier molecular flexibility index (Phi) is 6.89. The van der Waals surface area contributed by atoms with E-state index in [4.69, 9.17) is 0 Å². The molecule has 1 aromatic carbocycles. The summed E-state index contributed by atoms with van der Waals surface area (Å²) in [6.07, 6.45) is 3.22. The molecular weight excluding hydrogens is 361 g/mol. The maximum absolute atomic E-state index is 13.7. The van der Waals surface area contributed by atoms with Crippen LogP contribution >= 0.6 is 0 Å². The van der Waals surface area contributed by atoms with E-state index in [9.17, 15) is 22.8 Å². The van der Waals surface area contributed by atoms with Gasteiger partial charge in [0.2, 0.25) is 0 Å². The summed E-state index contributed by atoms with van der Waals surface area (Å²) >= 11 is 0. The predicted molar refractivity (Wildman–Crippen MR) is 94.0 cm³/mol. The first-order valence-corrected chi connectivity index (χ1v) is 8.12. The third-order valence-corrected chi connectivity index (χ3v) is 3.61. The number of nitrogens with one attached hydrogen (secondary N) is 2. The molecule has 0 spiro atoms. The number of halogens is 3. The van der Waals surface area contributed by atoms with Crippen molar-refractivity contribution in [2.45, 2.75) is 6.42 Å². The van der Waals surface area contributed by atoms with E-state index in [0.29, 0.717) is 12.6 Å². The Morgan fingerprint density at radius 1 is 1.04 bits per heavy atom. The summed E-state index contributed by atoms with van der Waals surface area (Å²) in [5.74, 6) is -5.77. The molecule has 2 N–H and O–H groups in total. The zero-order valence-corrected chi connectivity index (χ0v) is 14.9. The molecule has 2 amide bonds. The predicted octanol–water partition coefficient (Wildman–Crippen LogP) is 2.43. The molecule has 1 aromatic heterocycles. The third kappa shape index (κ3) is 5.52. The minimum atomic E-state index is -1.68. The lowest BCUT2D eigenvalue weighted by Crippen LogP contribution is -2.27. The molecule has 2 rings (SSSR count). The normalized spacial score (nSPS) is 10.7. The van der Waals surface area contributed by atoms with Crippen LogP contribution < -0.4 is 10.6 Å². The summed E-state index contributed by atoms with van der Waals surface area (Å²) in [7, 11) is 3.84. The molecule has 27 heavy (non-hydrogen) atoms.